The van der Waals surface area contributed by atoms with E-state index in [1.807, 2.05) is 54.7 Å². The molecule has 0 aliphatic heterocycles. The fourth-order valence-corrected chi connectivity index (χ4v) is 5.07. The van der Waals surface area contributed by atoms with Crippen LogP contribution in [-0.2, 0) is 19.1 Å². The predicted octanol–water partition coefficient (Wildman–Crippen LogP) is 12.5. The number of carbonyl (C=O) groups is 2. The van der Waals surface area contributed by atoms with Crippen molar-refractivity contribution in [2.75, 3.05) is 13.2 Å². The third-order valence-electron chi connectivity index (χ3n) is 8.00. The van der Waals surface area contributed by atoms with Crippen LogP contribution in [0.5, 0.6) is 0 Å². The minimum Gasteiger partial charge on any atom is -0.462 e. The van der Waals surface area contributed by atoms with Gasteiger partial charge >= 0.3 is 11.9 Å². The van der Waals surface area contributed by atoms with E-state index in [9.17, 15) is 14.7 Å². The van der Waals surface area contributed by atoms with E-state index in [1.54, 1.807) is 0 Å². The molecule has 0 aliphatic rings. The summed E-state index contributed by atoms with van der Waals surface area (Å²) in [5.41, 5.74) is 0. The first-order valence-corrected chi connectivity index (χ1v) is 19.9. The lowest BCUT2D eigenvalue weighted by Gasteiger charge is -2.15. The normalized spacial score (nSPS) is 13.3. The zero-order chi connectivity index (χ0) is 36.4. The Morgan fingerprint density at radius 1 is 0.480 bits per heavy atom. The summed E-state index contributed by atoms with van der Waals surface area (Å²) >= 11 is 0. The lowest BCUT2D eigenvalue weighted by molar-refractivity contribution is -0.161. The predicted molar refractivity (Wildman–Crippen MR) is 214 cm³/mol. The van der Waals surface area contributed by atoms with Gasteiger partial charge in [-0.1, -0.05) is 182 Å². The summed E-state index contributed by atoms with van der Waals surface area (Å²) < 4.78 is 10.5. The van der Waals surface area contributed by atoms with E-state index in [2.05, 4.69) is 56.4 Å². The first-order chi connectivity index (χ1) is 24.6. The number of aliphatic hydroxyl groups excluding tert-OH is 1. The Balaban J connectivity index is 3.62. The Kier molecular flexibility index (Phi) is 37.7. The van der Waals surface area contributed by atoms with Crippen LogP contribution >= 0.6 is 0 Å². The van der Waals surface area contributed by atoms with Crippen LogP contribution in [0, 0.1) is 0 Å². The van der Waals surface area contributed by atoms with Gasteiger partial charge in [-0.05, 0) is 57.8 Å². The van der Waals surface area contributed by atoms with E-state index in [0.717, 1.165) is 51.4 Å². The van der Waals surface area contributed by atoms with Gasteiger partial charge in [0.25, 0.3) is 0 Å². The van der Waals surface area contributed by atoms with Crippen molar-refractivity contribution < 1.29 is 24.2 Å². The molecule has 282 valence electrons. The molecular weight excluding hydrogens is 620 g/mol. The number of aliphatic hydroxyl groups is 1. The Bertz CT molecular complexity index is 1010. The Labute approximate surface area is 307 Å². The number of ether oxygens (including phenoxy) is 2. The third-order valence-corrected chi connectivity index (χ3v) is 8.00. The fraction of sp³-hybridized carbons (Fsp3) is 0.600. The van der Waals surface area contributed by atoms with E-state index in [4.69, 9.17) is 9.47 Å². The molecule has 0 aromatic carbocycles. The lowest BCUT2D eigenvalue weighted by Crippen LogP contribution is -2.28. The summed E-state index contributed by atoms with van der Waals surface area (Å²) in [5, 5.41) is 9.54. The average molecular weight is 693 g/mol. The molecule has 5 heteroatoms. The zero-order valence-electron chi connectivity index (χ0n) is 31.9. The van der Waals surface area contributed by atoms with Crippen LogP contribution in [0.3, 0.4) is 0 Å². The molecule has 1 N–H and O–H groups in total. The minimum absolute atomic E-state index is 0.109. The van der Waals surface area contributed by atoms with Gasteiger partial charge in [0.05, 0.1) is 6.61 Å². The molecule has 0 rings (SSSR count). The molecule has 0 amide bonds. The molecule has 0 saturated heterocycles. The molecule has 0 bridgehead atoms. The maximum absolute atomic E-state index is 12.2. The second-order valence-corrected chi connectivity index (χ2v) is 12.7. The van der Waals surface area contributed by atoms with Crippen molar-refractivity contribution in [1.82, 2.24) is 0 Å². The quantitative estimate of drug-likeness (QED) is 0.0314. The topological polar surface area (TPSA) is 72.8 Å². The van der Waals surface area contributed by atoms with Gasteiger partial charge in [0.1, 0.15) is 6.61 Å². The largest absolute Gasteiger partial charge is 0.462 e. The Morgan fingerprint density at radius 2 is 0.920 bits per heavy atom. The van der Waals surface area contributed by atoms with Crippen LogP contribution in [0.1, 0.15) is 155 Å². The highest BCUT2D eigenvalue weighted by molar-refractivity contribution is 5.70. The second kappa shape index (κ2) is 40.3. The Hall–Kier alpha value is -3.18. The number of allylic oxidation sites excluding steroid dienone is 16. The molecule has 0 fully saturated rings. The number of rotatable bonds is 34. The van der Waals surface area contributed by atoms with E-state index in [1.165, 1.54) is 70.6 Å². The highest BCUT2D eigenvalue weighted by atomic mass is 16.6. The van der Waals surface area contributed by atoms with Gasteiger partial charge in [-0.15, -0.1) is 0 Å². The molecule has 0 spiro atoms. The number of esters is 2. The molecule has 0 heterocycles. The highest BCUT2D eigenvalue weighted by Gasteiger charge is 2.16. The SMILES string of the molecule is CC/C=C/C=C/C=C/C=C/C=C/CCCC(=O)OCC(CO)OC(=O)CCCCCCCCCCCCCCC/C=C/C/C=C/C/C=C/CC. The van der Waals surface area contributed by atoms with E-state index in [-0.39, 0.29) is 31.6 Å². The lowest BCUT2D eigenvalue weighted by atomic mass is 10.0. The van der Waals surface area contributed by atoms with Gasteiger partial charge < -0.3 is 14.6 Å². The third kappa shape index (κ3) is 37.6. The van der Waals surface area contributed by atoms with Crippen molar-refractivity contribution in [1.29, 1.82) is 0 Å². The zero-order valence-corrected chi connectivity index (χ0v) is 31.9. The molecule has 0 aromatic heterocycles. The van der Waals surface area contributed by atoms with Crippen LogP contribution in [0.2, 0.25) is 0 Å². The summed E-state index contributed by atoms with van der Waals surface area (Å²) in [5.74, 6) is -0.687. The van der Waals surface area contributed by atoms with E-state index < -0.39 is 6.10 Å². The minimum atomic E-state index is -0.806. The van der Waals surface area contributed by atoms with Crippen LogP contribution in [0.15, 0.2) is 97.2 Å². The molecule has 50 heavy (non-hydrogen) atoms. The highest BCUT2D eigenvalue weighted by Crippen LogP contribution is 2.14. The molecule has 1 atom stereocenters. The van der Waals surface area contributed by atoms with Crippen molar-refractivity contribution in [3.8, 4) is 0 Å². The molecule has 1 unspecified atom stereocenters. The van der Waals surface area contributed by atoms with Crippen LogP contribution in [-0.4, -0.2) is 36.4 Å². The van der Waals surface area contributed by atoms with Crippen molar-refractivity contribution in [3.05, 3.63) is 97.2 Å². The number of carbonyl (C=O) groups excluding carboxylic acids is 2. The molecule has 0 saturated carbocycles. The van der Waals surface area contributed by atoms with Gasteiger partial charge in [-0.2, -0.15) is 0 Å². The molecule has 5 nitrogen and oxygen atoms in total. The summed E-state index contributed by atoms with van der Waals surface area (Å²) in [7, 11) is 0. The van der Waals surface area contributed by atoms with Crippen molar-refractivity contribution in [3.63, 3.8) is 0 Å². The van der Waals surface area contributed by atoms with E-state index in [0.29, 0.717) is 12.8 Å². The van der Waals surface area contributed by atoms with Crippen LogP contribution in [0.25, 0.3) is 0 Å². The van der Waals surface area contributed by atoms with Crippen molar-refractivity contribution in [2.24, 2.45) is 0 Å². The maximum Gasteiger partial charge on any atom is 0.306 e. The molecule has 0 radical (unpaired) electrons. The van der Waals surface area contributed by atoms with Crippen LogP contribution in [0.4, 0.5) is 0 Å². The monoisotopic (exact) mass is 693 g/mol. The fourth-order valence-electron chi connectivity index (χ4n) is 5.07. The first-order valence-electron chi connectivity index (χ1n) is 19.9. The Morgan fingerprint density at radius 3 is 1.48 bits per heavy atom. The van der Waals surface area contributed by atoms with E-state index >= 15 is 0 Å². The van der Waals surface area contributed by atoms with Gasteiger partial charge in [0, 0.05) is 12.8 Å². The number of hydrogen-bond donors (Lipinski definition) is 1. The van der Waals surface area contributed by atoms with Crippen LogP contribution < -0.4 is 0 Å². The van der Waals surface area contributed by atoms with Crippen molar-refractivity contribution in [2.45, 2.75) is 161 Å². The summed E-state index contributed by atoms with van der Waals surface area (Å²) in [6.45, 7) is 3.80. The number of hydrogen-bond acceptors (Lipinski definition) is 5. The molecule has 0 aliphatic carbocycles. The molecule has 0 aromatic rings. The number of unbranched alkanes of at least 4 members (excludes halogenated alkanes) is 14. The van der Waals surface area contributed by atoms with Gasteiger partial charge in [-0.3, -0.25) is 9.59 Å². The summed E-state index contributed by atoms with van der Waals surface area (Å²) in [6, 6.07) is 0. The summed E-state index contributed by atoms with van der Waals surface area (Å²) in [4.78, 5) is 24.2. The van der Waals surface area contributed by atoms with Gasteiger partial charge in [0.2, 0.25) is 0 Å². The second-order valence-electron chi connectivity index (χ2n) is 12.7. The average Bonchev–Trinajstić information content (AvgIpc) is 3.12. The maximum atomic E-state index is 12.2. The smallest absolute Gasteiger partial charge is 0.306 e. The molecular formula is C45H72O5. The van der Waals surface area contributed by atoms with Crippen molar-refractivity contribution >= 4 is 11.9 Å². The standard InChI is InChI=1S/C45H72O5/c1-3-5-7-9-11-13-15-17-18-19-20-21-22-23-24-25-26-28-30-32-34-36-38-40-45(48)50-43(41-46)42-49-44(47)39-37-35-33-31-29-27-16-14-12-10-8-6-4-2/h5-8,10-14,16-18,27,29,31,33,43,46H,3-4,9,15,19-26,28,30,32,34-42H2,1-2H3/b7-5+,8-6+,12-10+,13-11+,16-14+,18-17+,29-27+,33-31+. The first kappa shape index (κ1) is 46.8. The van der Waals surface area contributed by atoms with Gasteiger partial charge in [-0.25, -0.2) is 0 Å². The van der Waals surface area contributed by atoms with Gasteiger partial charge in [0.15, 0.2) is 6.10 Å². The summed E-state index contributed by atoms with van der Waals surface area (Å²) in [6.07, 6.45) is 56.3.